The van der Waals surface area contributed by atoms with Crippen LogP contribution in [0.25, 0.3) is 28.0 Å². The van der Waals surface area contributed by atoms with E-state index in [4.69, 9.17) is 9.84 Å². The van der Waals surface area contributed by atoms with Crippen LogP contribution >= 0.6 is 0 Å². The summed E-state index contributed by atoms with van der Waals surface area (Å²) in [6.07, 6.45) is 1.75. The Labute approximate surface area is 184 Å². The number of nitrogens with zero attached hydrogens (tertiary/aromatic N) is 3. The van der Waals surface area contributed by atoms with Crippen molar-refractivity contribution in [1.82, 2.24) is 25.1 Å². The molecule has 2 aromatic heterocycles. The van der Waals surface area contributed by atoms with Gasteiger partial charge in [0.1, 0.15) is 17.3 Å². The first-order valence-corrected chi connectivity index (χ1v) is 10.2. The van der Waals surface area contributed by atoms with Gasteiger partial charge in [-0.15, -0.1) is 0 Å². The number of nitrogens with one attached hydrogen (secondary N) is 2. The lowest BCUT2D eigenvalue weighted by atomic mass is 10.1. The molecule has 2 N–H and O–H groups in total. The number of carbonyl (C=O) groups is 1. The van der Waals surface area contributed by atoms with Crippen LogP contribution in [-0.2, 0) is 6.54 Å². The number of fused-ring (bicyclic) bond motifs is 1. The third kappa shape index (κ3) is 3.83. The van der Waals surface area contributed by atoms with Crippen molar-refractivity contribution in [2.75, 3.05) is 7.11 Å². The average molecular weight is 423 g/mol. The Hall–Kier alpha value is -4.39. The number of methoxy groups -OCH3 is 1. The van der Waals surface area contributed by atoms with Crippen LogP contribution in [0.2, 0.25) is 0 Å². The van der Waals surface area contributed by atoms with Crippen molar-refractivity contribution in [3.05, 3.63) is 96.4 Å². The van der Waals surface area contributed by atoms with Crippen LogP contribution in [0.1, 0.15) is 16.2 Å². The van der Waals surface area contributed by atoms with Gasteiger partial charge in [-0.25, -0.2) is 9.67 Å². The Morgan fingerprint density at radius 2 is 1.84 bits per heavy atom. The molecule has 3 aromatic carbocycles. The molecule has 0 aliphatic carbocycles. The van der Waals surface area contributed by atoms with Crippen molar-refractivity contribution in [1.29, 1.82) is 0 Å². The van der Waals surface area contributed by atoms with E-state index < -0.39 is 0 Å². The van der Waals surface area contributed by atoms with Crippen molar-refractivity contribution in [2.45, 2.75) is 6.54 Å². The maximum absolute atomic E-state index is 13.2. The number of ether oxygens (including phenoxy) is 1. The van der Waals surface area contributed by atoms with Gasteiger partial charge in [-0.05, 0) is 36.4 Å². The molecule has 0 aliphatic rings. The van der Waals surface area contributed by atoms with Crippen molar-refractivity contribution in [3.8, 4) is 22.7 Å². The van der Waals surface area contributed by atoms with Crippen LogP contribution in [0.4, 0.5) is 0 Å². The molecule has 0 radical (unpaired) electrons. The highest BCUT2D eigenvalue weighted by atomic mass is 16.5. The molecule has 5 aromatic rings. The number of aromatic nitrogens is 4. The lowest BCUT2D eigenvalue weighted by Gasteiger charge is -2.05. The van der Waals surface area contributed by atoms with E-state index in [-0.39, 0.29) is 12.5 Å². The van der Waals surface area contributed by atoms with Crippen LogP contribution in [0.5, 0.6) is 5.75 Å². The third-order valence-electron chi connectivity index (χ3n) is 5.18. The molecule has 0 fully saturated rings. The Morgan fingerprint density at radius 3 is 2.66 bits per heavy atom. The molecule has 158 valence electrons. The number of carbonyl (C=O) groups excluding carboxylic acids is 1. The quantitative estimate of drug-likeness (QED) is 0.425. The van der Waals surface area contributed by atoms with E-state index in [9.17, 15) is 4.79 Å². The zero-order valence-electron chi connectivity index (χ0n) is 17.4. The van der Waals surface area contributed by atoms with Gasteiger partial charge < -0.3 is 15.0 Å². The van der Waals surface area contributed by atoms with E-state index in [0.717, 1.165) is 22.3 Å². The first-order chi connectivity index (χ1) is 15.7. The van der Waals surface area contributed by atoms with Gasteiger partial charge in [0.05, 0.1) is 35.9 Å². The molecule has 0 unspecified atom stereocenters. The van der Waals surface area contributed by atoms with Crippen molar-refractivity contribution in [2.24, 2.45) is 0 Å². The molecule has 0 saturated carbocycles. The minimum atomic E-state index is -0.231. The van der Waals surface area contributed by atoms with E-state index in [0.29, 0.717) is 22.8 Å². The summed E-state index contributed by atoms with van der Waals surface area (Å²) in [6.45, 7) is 0.279. The highest BCUT2D eigenvalue weighted by molar-refractivity contribution is 6.00. The number of H-pyrrole nitrogens is 1. The fourth-order valence-corrected chi connectivity index (χ4v) is 3.59. The van der Waals surface area contributed by atoms with E-state index in [1.807, 2.05) is 78.9 Å². The first-order valence-electron chi connectivity index (χ1n) is 10.2. The summed E-state index contributed by atoms with van der Waals surface area (Å²) in [5.41, 5.74) is 4.52. The number of hydrogen-bond donors (Lipinski definition) is 2. The highest BCUT2D eigenvalue weighted by Gasteiger charge is 2.19. The van der Waals surface area contributed by atoms with E-state index in [1.165, 1.54) is 0 Å². The third-order valence-corrected chi connectivity index (χ3v) is 5.18. The topological polar surface area (TPSA) is 84.8 Å². The lowest BCUT2D eigenvalue weighted by Crippen LogP contribution is -2.23. The zero-order valence-corrected chi connectivity index (χ0v) is 17.4. The Balaban J connectivity index is 1.47. The number of para-hydroxylation sites is 3. The summed E-state index contributed by atoms with van der Waals surface area (Å²) < 4.78 is 7.07. The fraction of sp³-hybridized carbons (Fsp3) is 0.0800. The second-order valence-corrected chi connectivity index (χ2v) is 7.29. The monoisotopic (exact) mass is 423 g/mol. The van der Waals surface area contributed by atoms with Crippen molar-refractivity contribution < 1.29 is 9.53 Å². The Bertz CT molecular complexity index is 1360. The Morgan fingerprint density at radius 1 is 1.03 bits per heavy atom. The smallest absolute Gasteiger partial charge is 0.255 e. The van der Waals surface area contributed by atoms with E-state index in [1.54, 1.807) is 18.0 Å². The molecular formula is C25H21N5O2. The molecular weight excluding hydrogens is 402 g/mol. The van der Waals surface area contributed by atoms with Gasteiger partial charge in [0.25, 0.3) is 5.91 Å². The maximum atomic E-state index is 13.2. The minimum Gasteiger partial charge on any atom is -0.497 e. The van der Waals surface area contributed by atoms with Crippen LogP contribution in [0.15, 0.2) is 85.1 Å². The summed E-state index contributed by atoms with van der Waals surface area (Å²) in [4.78, 5) is 20.9. The minimum absolute atomic E-state index is 0.231. The molecule has 0 spiro atoms. The van der Waals surface area contributed by atoms with Crippen molar-refractivity contribution >= 4 is 16.9 Å². The maximum Gasteiger partial charge on any atom is 0.255 e. The zero-order chi connectivity index (χ0) is 21.9. The number of amides is 1. The molecule has 1 amide bonds. The van der Waals surface area contributed by atoms with Gasteiger partial charge in [0, 0.05) is 11.8 Å². The summed E-state index contributed by atoms with van der Waals surface area (Å²) in [7, 11) is 1.61. The molecule has 0 bridgehead atoms. The molecule has 2 heterocycles. The van der Waals surface area contributed by atoms with Crippen molar-refractivity contribution in [3.63, 3.8) is 0 Å². The van der Waals surface area contributed by atoms with Gasteiger partial charge >= 0.3 is 0 Å². The average Bonchev–Trinajstić information content (AvgIpc) is 3.48. The highest BCUT2D eigenvalue weighted by Crippen LogP contribution is 2.27. The van der Waals surface area contributed by atoms with Gasteiger partial charge in [-0.3, -0.25) is 4.79 Å². The van der Waals surface area contributed by atoms with E-state index >= 15 is 0 Å². The number of rotatable bonds is 6. The predicted octanol–water partition coefficient (Wildman–Crippen LogP) is 4.35. The Kier molecular flexibility index (Phi) is 5.13. The van der Waals surface area contributed by atoms with Crippen LogP contribution < -0.4 is 10.1 Å². The summed E-state index contributed by atoms with van der Waals surface area (Å²) in [5, 5.41) is 7.68. The summed E-state index contributed by atoms with van der Waals surface area (Å²) in [5.74, 6) is 1.16. The molecule has 0 saturated heterocycles. The predicted molar refractivity (Wildman–Crippen MR) is 123 cm³/mol. The normalized spacial score (nSPS) is 10.9. The lowest BCUT2D eigenvalue weighted by molar-refractivity contribution is 0.0950. The second kappa shape index (κ2) is 8.39. The van der Waals surface area contributed by atoms with Gasteiger partial charge in [0.2, 0.25) is 0 Å². The fourth-order valence-electron chi connectivity index (χ4n) is 3.59. The van der Waals surface area contributed by atoms with Crippen LogP contribution in [-0.4, -0.2) is 32.8 Å². The van der Waals surface area contributed by atoms with Gasteiger partial charge in [-0.2, -0.15) is 5.10 Å². The molecule has 0 atom stereocenters. The largest absolute Gasteiger partial charge is 0.497 e. The standard InChI is InChI=1S/C25H21N5O2/c1-32-19-11-7-8-17(14-19)24-20(16-30(29-24)18-9-3-2-4-10-18)25(31)26-15-23-27-21-12-5-6-13-22(21)28-23/h2-14,16H,15H2,1H3,(H,26,31)(H,27,28). The van der Waals surface area contributed by atoms with Crippen LogP contribution in [0, 0.1) is 0 Å². The number of hydrogen-bond acceptors (Lipinski definition) is 4. The van der Waals surface area contributed by atoms with Gasteiger partial charge in [0.15, 0.2) is 0 Å². The molecule has 7 nitrogen and oxygen atoms in total. The number of benzene rings is 3. The molecule has 0 aliphatic heterocycles. The van der Waals surface area contributed by atoms with Gasteiger partial charge in [-0.1, -0.05) is 42.5 Å². The molecule has 32 heavy (non-hydrogen) atoms. The summed E-state index contributed by atoms with van der Waals surface area (Å²) in [6, 6.07) is 25.0. The second-order valence-electron chi connectivity index (χ2n) is 7.29. The number of aromatic amines is 1. The SMILES string of the molecule is COc1cccc(-c2nn(-c3ccccc3)cc2C(=O)NCc2nc3ccccc3[nH]2)c1. The van der Waals surface area contributed by atoms with Crippen LogP contribution in [0.3, 0.4) is 0 Å². The van der Waals surface area contributed by atoms with E-state index in [2.05, 4.69) is 15.3 Å². The molecule has 7 heteroatoms. The first kappa shape index (κ1) is 19.6. The molecule has 5 rings (SSSR count). The summed E-state index contributed by atoms with van der Waals surface area (Å²) >= 11 is 0. The number of imidazole rings is 1.